The lowest BCUT2D eigenvalue weighted by Crippen LogP contribution is -2.49. The van der Waals surface area contributed by atoms with E-state index < -0.39 is 0 Å². The molecule has 0 spiro atoms. The number of ether oxygens (including phenoxy) is 1. The lowest BCUT2D eigenvalue weighted by atomic mass is 10.1. The van der Waals surface area contributed by atoms with Gasteiger partial charge in [-0.1, -0.05) is 6.92 Å². The molecule has 0 aromatic rings. The number of nitrogens with two attached hydrogens (primary N) is 1. The standard InChI is InChI=1S/C10H21N3O2/c1-3-9(10(11)14)13(2)7-8-6-12-4-5-15-8/h8-9,12H,3-7H2,1-2H3,(H2,11,14). The molecule has 1 fully saturated rings. The topological polar surface area (TPSA) is 67.6 Å². The first-order valence-electron chi connectivity index (χ1n) is 5.47. The summed E-state index contributed by atoms with van der Waals surface area (Å²) in [4.78, 5) is 13.1. The quantitative estimate of drug-likeness (QED) is 0.628. The molecule has 1 heterocycles. The number of primary amides is 1. The third-order valence-electron chi connectivity index (χ3n) is 2.74. The number of amides is 1. The van der Waals surface area contributed by atoms with Gasteiger partial charge in [-0.15, -0.1) is 0 Å². The van der Waals surface area contributed by atoms with Crippen molar-refractivity contribution in [3.05, 3.63) is 0 Å². The predicted molar refractivity (Wildman–Crippen MR) is 58.5 cm³/mol. The third-order valence-corrected chi connectivity index (χ3v) is 2.74. The Bertz CT molecular complexity index is 205. The monoisotopic (exact) mass is 215 g/mol. The summed E-state index contributed by atoms with van der Waals surface area (Å²) >= 11 is 0. The molecule has 1 saturated heterocycles. The van der Waals surface area contributed by atoms with Gasteiger partial charge in [0.25, 0.3) is 0 Å². The van der Waals surface area contributed by atoms with Gasteiger partial charge in [-0.25, -0.2) is 0 Å². The Kier molecular flexibility index (Phi) is 5.01. The molecule has 0 aromatic carbocycles. The second-order valence-electron chi connectivity index (χ2n) is 3.96. The van der Waals surface area contributed by atoms with Crippen LogP contribution in [-0.2, 0) is 9.53 Å². The minimum absolute atomic E-state index is 0.164. The summed E-state index contributed by atoms with van der Waals surface area (Å²) in [5.41, 5.74) is 5.32. The first-order valence-corrected chi connectivity index (χ1v) is 5.47. The molecule has 0 bridgehead atoms. The minimum Gasteiger partial charge on any atom is -0.374 e. The van der Waals surface area contributed by atoms with Gasteiger partial charge in [0, 0.05) is 19.6 Å². The molecular weight excluding hydrogens is 194 g/mol. The van der Waals surface area contributed by atoms with Crippen LogP contribution in [0.15, 0.2) is 0 Å². The molecule has 88 valence electrons. The van der Waals surface area contributed by atoms with Crippen LogP contribution in [0, 0.1) is 0 Å². The summed E-state index contributed by atoms with van der Waals surface area (Å²) in [6.45, 7) is 5.21. The molecular formula is C10H21N3O2. The molecule has 1 aliphatic rings. The SMILES string of the molecule is CCC(C(N)=O)N(C)CC1CNCCO1. The molecule has 1 aliphatic heterocycles. The van der Waals surface area contributed by atoms with Crippen LogP contribution in [0.1, 0.15) is 13.3 Å². The molecule has 0 saturated carbocycles. The smallest absolute Gasteiger partial charge is 0.234 e. The molecule has 0 aliphatic carbocycles. The van der Waals surface area contributed by atoms with Crippen molar-refractivity contribution in [3.63, 3.8) is 0 Å². The molecule has 1 amide bonds. The molecule has 2 atom stereocenters. The number of hydrogen-bond acceptors (Lipinski definition) is 4. The summed E-state index contributed by atoms with van der Waals surface area (Å²) in [6.07, 6.45) is 0.906. The molecule has 2 unspecified atom stereocenters. The van der Waals surface area contributed by atoms with Crippen LogP contribution in [0.2, 0.25) is 0 Å². The second-order valence-corrected chi connectivity index (χ2v) is 3.96. The zero-order valence-electron chi connectivity index (χ0n) is 9.53. The Morgan fingerprint density at radius 3 is 2.93 bits per heavy atom. The minimum atomic E-state index is -0.260. The van der Waals surface area contributed by atoms with Gasteiger partial charge in [-0.3, -0.25) is 9.69 Å². The highest BCUT2D eigenvalue weighted by molar-refractivity contribution is 5.79. The number of nitrogens with one attached hydrogen (secondary N) is 1. The average molecular weight is 215 g/mol. The summed E-state index contributed by atoms with van der Waals surface area (Å²) in [7, 11) is 1.91. The van der Waals surface area contributed by atoms with Crippen molar-refractivity contribution in [2.75, 3.05) is 33.3 Å². The first kappa shape index (κ1) is 12.4. The average Bonchev–Trinajstić information content (AvgIpc) is 2.19. The van der Waals surface area contributed by atoms with E-state index in [-0.39, 0.29) is 18.1 Å². The highest BCUT2D eigenvalue weighted by Gasteiger charge is 2.22. The number of rotatable bonds is 5. The summed E-state index contributed by atoms with van der Waals surface area (Å²) in [6, 6.07) is -0.185. The highest BCUT2D eigenvalue weighted by atomic mass is 16.5. The van der Waals surface area contributed by atoms with Gasteiger partial charge in [0.05, 0.1) is 18.8 Å². The molecule has 0 aromatic heterocycles. The van der Waals surface area contributed by atoms with E-state index in [2.05, 4.69) is 5.32 Å². The molecule has 5 heteroatoms. The van der Waals surface area contributed by atoms with Crippen molar-refractivity contribution in [2.24, 2.45) is 5.73 Å². The van der Waals surface area contributed by atoms with Gasteiger partial charge in [-0.2, -0.15) is 0 Å². The Morgan fingerprint density at radius 1 is 1.73 bits per heavy atom. The van der Waals surface area contributed by atoms with Gasteiger partial charge in [0.15, 0.2) is 0 Å². The molecule has 15 heavy (non-hydrogen) atoms. The van der Waals surface area contributed by atoms with E-state index in [0.717, 1.165) is 32.7 Å². The lowest BCUT2D eigenvalue weighted by Gasteiger charge is -2.31. The fourth-order valence-corrected chi connectivity index (χ4v) is 1.92. The Hall–Kier alpha value is -0.650. The third kappa shape index (κ3) is 3.77. The van der Waals surface area contributed by atoms with Crippen molar-refractivity contribution in [2.45, 2.75) is 25.5 Å². The Labute approximate surface area is 90.9 Å². The number of carbonyl (C=O) groups excluding carboxylic acids is 1. The number of likely N-dealkylation sites (N-methyl/N-ethyl adjacent to an activating group) is 1. The molecule has 0 radical (unpaired) electrons. The maximum Gasteiger partial charge on any atom is 0.234 e. The van der Waals surface area contributed by atoms with Crippen LogP contribution in [0.25, 0.3) is 0 Å². The van der Waals surface area contributed by atoms with Crippen LogP contribution in [0.4, 0.5) is 0 Å². The van der Waals surface area contributed by atoms with E-state index in [1.165, 1.54) is 0 Å². The number of morpholine rings is 1. The highest BCUT2D eigenvalue weighted by Crippen LogP contribution is 2.05. The largest absolute Gasteiger partial charge is 0.374 e. The van der Waals surface area contributed by atoms with Crippen LogP contribution >= 0.6 is 0 Å². The first-order chi connectivity index (χ1) is 7.15. The number of hydrogen-bond donors (Lipinski definition) is 2. The Morgan fingerprint density at radius 2 is 2.47 bits per heavy atom. The molecule has 1 rings (SSSR count). The number of carbonyl (C=O) groups is 1. The van der Waals surface area contributed by atoms with Crippen molar-refractivity contribution < 1.29 is 9.53 Å². The van der Waals surface area contributed by atoms with Crippen LogP contribution in [0.3, 0.4) is 0 Å². The zero-order chi connectivity index (χ0) is 11.3. The predicted octanol–water partition coefficient (Wildman–Crippen LogP) is -0.829. The van der Waals surface area contributed by atoms with Gasteiger partial charge in [0.2, 0.25) is 5.91 Å². The van der Waals surface area contributed by atoms with Crippen molar-refractivity contribution >= 4 is 5.91 Å². The van der Waals surface area contributed by atoms with E-state index in [1.54, 1.807) is 0 Å². The zero-order valence-corrected chi connectivity index (χ0v) is 9.53. The lowest BCUT2D eigenvalue weighted by molar-refractivity contribution is -0.123. The van der Waals surface area contributed by atoms with E-state index in [4.69, 9.17) is 10.5 Å². The normalized spacial score (nSPS) is 24.1. The van der Waals surface area contributed by atoms with Gasteiger partial charge >= 0.3 is 0 Å². The van der Waals surface area contributed by atoms with E-state index in [1.807, 2.05) is 18.9 Å². The second kappa shape index (κ2) is 6.05. The van der Waals surface area contributed by atoms with Gasteiger partial charge < -0.3 is 15.8 Å². The van der Waals surface area contributed by atoms with Gasteiger partial charge in [0.1, 0.15) is 0 Å². The summed E-state index contributed by atoms with van der Waals surface area (Å²) in [5, 5.41) is 3.26. The molecule has 5 nitrogen and oxygen atoms in total. The van der Waals surface area contributed by atoms with Crippen molar-refractivity contribution in [1.29, 1.82) is 0 Å². The Balaban J connectivity index is 2.38. The van der Waals surface area contributed by atoms with Gasteiger partial charge in [-0.05, 0) is 13.5 Å². The maximum absolute atomic E-state index is 11.1. The fourth-order valence-electron chi connectivity index (χ4n) is 1.92. The molecule has 3 N–H and O–H groups in total. The van der Waals surface area contributed by atoms with Crippen molar-refractivity contribution in [1.82, 2.24) is 10.2 Å². The van der Waals surface area contributed by atoms with E-state index >= 15 is 0 Å². The van der Waals surface area contributed by atoms with Crippen LogP contribution in [-0.4, -0.2) is 56.2 Å². The van der Waals surface area contributed by atoms with Crippen LogP contribution in [0.5, 0.6) is 0 Å². The maximum atomic E-state index is 11.1. The fraction of sp³-hybridized carbons (Fsp3) is 0.900. The summed E-state index contributed by atoms with van der Waals surface area (Å²) < 4.78 is 5.57. The van der Waals surface area contributed by atoms with Crippen LogP contribution < -0.4 is 11.1 Å². The summed E-state index contributed by atoms with van der Waals surface area (Å²) in [5.74, 6) is -0.260. The van der Waals surface area contributed by atoms with E-state index in [0.29, 0.717) is 0 Å². The van der Waals surface area contributed by atoms with E-state index in [9.17, 15) is 4.79 Å². The number of nitrogens with zero attached hydrogens (tertiary/aromatic N) is 1. The van der Waals surface area contributed by atoms with Crippen molar-refractivity contribution in [3.8, 4) is 0 Å².